The second kappa shape index (κ2) is 17.6. The number of aliphatic hydroxyl groups excluding tert-OH is 2. The highest BCUT2D eigenvalue weighted by Crippen LogP contribution is 2.33. The van der Waals surface area contributed by atoms with Crippen molar-refractivity contribution in [1.82, 2.24) is 10.6 Å². The van der Waals surface area contributed by atoms with Crippen molar-refractivity contribution in [2.45, 2.75) is 62.2 Å². The van der Waals surface area contributed by atoms with Crippen LogP contribution in [0, 0.1) is 0 Å². The summed E-state index contributed by atoms with van der Waals surface area (Å²) < 4.78 is 12.1. The summed E-state index contributed by atoms with van der Waals surface area (Å²) in [5.74, 6) is -2.32. The van der Waals surface area contributed by atoms with Crippen molar-refractivity contribution < 1.29 is 29.3 Å². The normalized spacial score (nSPS) is 14.8. The van der Waals surface area contributed by atoms with E-state index in [0.29, 0.717) is 49.7 Å². The Morgan fingerprint density at radius 3 is 1.26 bits per heavy atom. The SMILES string of the molecule is CNC(CCCc1cccc2ccccc12)(OC(=O)C(O)C(O)C(=O)OC(CCCc1cccc2ccccc12)(NC)c1ccccc1)c1ccccc1. The van der Waals surface area contributed by atoms with Crippen LogP contribution in [0.4, 0.5) is 0 Å². The smallest absolute Gasteiger partial charge is 0.340 e. The Labute approximate surface area is 316 Å². The van der Waals surface area contributed by atoms with Crippen LogP contribution in [0.25, 0.3) is 21.5 Å². The quantitative estimate of drug-likeness (QED) is 0.0573. The fourth-order valence-corrected chi connectivity index (χ4v) is 7.36. The fraction of sp³-hybridized carbons (Fsp3) is 0.261. The number of benzene rings is 6. The van der Waals surface area contributed by atoms with Gasteiger partial charge < -0.3 is 19.7 Å². The summed E-state index contributed by atoms with van der Waals surface area (Å²) in [5.41, 5.74) is 0.945. The van der Waals surface area contributed by atoms with Crippen molar-refractivity contribution in [3.05, 3.63) is 168 Å². The van der Waals surface area contributed by atoms with E-state index in [1.165, 1.54) is 11.1 Å². The number of hydrogen-bond donors (Lipinski definition) is 4. The number of hydrogen-bond acceptors (Lipinski definition) is 8. The van der Waals surface area contributed by atoms with E-state index < -0.39 is 35.6 Å². The van der Waals surface area contributed by atoms with Crippen LogP contribution < -0.4 is 10.6 Å². The van der Waals surface area contributed by atoms with Crippen molar-refractivity contribution in [2.75, 3.05) is 14.1 Å². The molecule has 0 aliphatic carbocycles. The van der Waals surface area contributed by atoms with Gasteiger partial charge in [-0.25, -0.2) is 9.59 Å². The largest absolute Gasteiger partial charge is 0.438 e. The minimum atomic E-state index is -2.21. The number of ether oxygens (including phenoxy) is 2. The van der Waals surface area contributed by atoms with E-state index in [4.69, 9.17) is 9.47 Å². The molecule has 8 nitrogen and oxygen atoms in total. The molecule has 0 aromatic heterocycles. The first-order valence-corrected chi connectivity index (χ1v) is 18.5. The molecule has 8 heteroatoms. The van der Waals surface area contributed by atoms with Crippen molar-refractivity contribution in [1.29, 1.82) is 0 Å². The third-order valence-electron chi connectivity index (χ3n) is 10.3. The van der Waals surface area contributed by atoms with E-state index in [1.54, 1.807) is 14.1 Å². The molecule has 54 heavy (non-hydrogen) atoms. The molecule has 4 unspecified atom stereocenters. The average Bonchev–Trinajstić information content (AvgIpc) is 3.23. The van der Waals surface area contributed by atoms with E-state index >= 15 is 0 Å². The third-order valence-corrected chi connectivity index (χ3v) is 10.3. The minimum Gasteiger partial charge on any atom is -0.438 e. The number of aryl methyl sites for hydroxylation is 2. The molecule has 0 heterocycles. The fourth-order valence-electron chi connectivity index (χ4n) is 7.36. The highest BCUT2D eigenvalue weighted by molar-refractivity contribution is 5.87. The number of aliphatic hydroxyl groups is 2. The molecule has 0 saturated carbocycles. The molecule has 0 amide bonds. The topological polar surface area (TPSA) is 117 Å². The summed E-state index contributed by atoms with van der Waals surface area (Å²) in [6.07, 6.45) is -1.07. The number of fused-ring (bicyclic) bond motifs is 2. The number of rotatable bonds is 17. The lowest BCUT2D eigenvalue weighted by atomic mass is 9.93. The van der Waals surface area contributed by atoms with Gasteiger partial charge in [-0.05, 0) is 72.5 Å². The van der Waals surface area contributed by atoms with Crippen LogP contribution in [0.15, 0.2) is 146 Å². The molecule has 0 saturated heterocycles. The molecular weight excluding hydrogens is 677 g/mol. The lowest BCUT2D eigenvalue weighted by molar-refractivity contribution is -0.196. The molecule has 6 aromatic carbocycles. The van der Waals surface area contributed by atoms with Gasteiger partial charge in [0.2, 0.25) is 0 Å². The highest BCUT2D eigenvalue weighted by Gasteiger charge is 2.43. The van der Waals surface area contributed by atoms with Gasteiger partial charge in [0, 0.05) is 24.0 Å². The average molecular weight is 725 g/mol. The lowest BCUT2D eigenvalue weighted by Gasteiger charge is -2.36. The maximum atomic E-state index is 13.7. The van der Waals surface area contributed by atoms with Crippen LogP contribution in [0.1, 0.15) is 47.9 Å². The van der Waals surface area contributed by atoms with Crippen LogP contribution in [-0.2, 0) is 43.4 Å². The van der Waals surface area contributed by atoms with E-state index in [9.17, 15) is 19.8 Å². The van der Waals surface area contributed by atoms with Crippen molar-refractivity contribution >= 4 is 33.5 Å². The second-order valence-electron chi connectivity index (χ2n) is 13.6. The summed E-state index contributed by atoms with van der Waals surface area (Å²) in [6, 6.07) is 47.2. The summed E-state index contributed by atoms with van der Waals surface area (Å²) in [4.78, 5) is 27.4. The van der Waals surface area contributed by atoms with Gasteiger partial charge in [-0.15, -0.1) is 0 Å². The zero-order valence-electron chi connectivity index (χ0n) is 30.8. The molecule has 0 fully saturated rings. The molecule has 278 valence electrons. The molecule has 0 aliphatic rings. The number of esters is 2. The summed E-state index contributed by atoms with van der Waals surface area (Å²) in [7, 11) is 3.35. The van der Waals surface area contributed by atoms with Gasteiger partial charge in [-0.3, -0.25) is 10.6 Å². The van der Waals surface area contributed by atoms with Crippen LogP contribution >= 0.6 is 0 Å². The first kappa shape index (κ1) is 38.3. The van der Waals surface area contributed by atoms with Gasteiger partial charge in [0.25, 0.3) is 0 Å². The third kappa shape index (κ3) is 8.54. The standard InChI is InChI=1S/C46H48N2O6/c1-47-45(37-25-5-3-6-26-37,31-15-23-35-21-13-19-33-17-9-11-29-39(33)35)53-43(51)41(49)42(50)44(52)54-46(48-2,38-27-7-4-8-28-38)32-16-24-36-22-14-20-34-18-10-12-30-40(34)36/h3-14,17-22,25-30,41-42,47-50H,15-16,23-24,31-32H2,1-2H3. The first-order chi connectivity index (χ1) is 26.3. The Morgan fingerprint density at radius 1 is 0.519 bits per heavy atom. The van der Waals surface area contributed by atoms with Crippen LogP contribution in [0.3, 0.4) is 0 Å². The van der Waals surface area contributed by atoms with Crippen molar-refractivity contribution in [2.24, 2.45) is 0 Å². The maximum absolute atomic E-state index is 13.7. The molecule has 0 radical (unpaired) electrons. The number of nitrogens with one attached hydrogen (secondary N) is 2. The zero-order valence-corrected chi connectivity index (χ0v) is 30.8. The van der Waals surface area contributed by atoms with E-state index in [-0.39, 0.29) is 0 Å². The molecule has 0 aliphatic heterocycles. The van der Waals surface area contributed by atoms with E-state index in [0.717, 1.165) is 21.5 Å². The predicted octanol–water partition coefficient (Wildman–Crippen LogP) is 7.29. The predicted molar refractivity (Wildman–Crippen MR) is 212 cm³/mol. The Kier molecular flexibility index (Phi) is 12.5. The first-order valence-electron chi connectivity index (χ1n) is 18.5. The Hall–Kier alpha value is -5.38. The Morgan fingerprint density at radius 2 is 0.870 bits per heavy atom. The molecule has 6 rings (SSSR count). The maximum Gasteiger partial charge on any atom is 0.340 e. The van der Waals surface area contributed by atoms with Gasteiger partial charge in [-0.2, -0.15) is 0 Å². The molecule has 0 bridgehead atoms. The van der Waals surface area contributed by atoms with Crippen molar-refractivity contribution in [3.63, 3.8) is 0 Å². The minimum absolute atomic E-state index is 0.351. The van der Waals surface area contributed by atoms with Crippen LogP contribution in [0.2, 0.25) is 0 Å². The molecule has 6 aromatic rings. The van der Waals surface area contributed by atoms with E-state index in [1.807, 2.05) is 97.1 Å². The van der Waals surface area contributed by atoms with Gasteiger partial charge in [-0.1, -0.05) is 146 Å². The molecule has 4 N–H and O–H groups in total. The molecular formula is C46H48N2O6. The summed E-state index contributed by atoms with van der Waals surface area (Å²) >= 11 is 0. The second-order valence-corrected chi connectivity index (χ2v) is 13.6. The Bertz CT molecular complexity index is 1990. The molecule has 0 spiro atoms. The zero-order chi connectivity index (χ0) is 38.0. The number of carbonyl (C=O) groups excluding carboxylic acids is 2. The number of carbonyl (C=O) groups is 2. The summed E-state index contributed by atoms with van der Waals surface area (Å²) in [6.45, 7) is 0. The van der Waals surface area contributed by atoms with Crippen LogP contribution in [-0.4, -0.2) is 48.5 Å². The summed E-state index contributed by atoms with van der Waals surface area (Å²) in [5, 5.41) is 33.3. The van der Waals surface area contributed by atoms with Gasteiger partial charge in [0.05, 0.1) is 0 Å². The van der Waals surface area contributed by atoms with Gasteiger partial charge in [0.15, 0.2) is 23.7 Å². The van der Waals surface area contributed by atoms with Crippen LogP contribution in [0.5, 0.6) is 0 Å². The van der Waals surface area contributed by atoms with Gasteiger partial charge >= 0.3 is 11.9 Å². The monoisotopic (exact) mass is 724 g/mol. The Balaban J connectivity index is 1.17. The van der Waals surface area contributed by atoms with Crippen molar-refractivity contribution in [3.8, 4) is 0 Å². The van der Waals surface area contributed by atoms with E-state index in [2.05, 4.69) is 59.2 Å². The molecule has 4 atom stereocenters. The van der Waals surface area contributed by atoms with Gasteiger partial charge in [0.1, 0.15) is 0 Å². The lowest BCUT2D eigenvalue weighted by Crippen LogP contribution is -2.52. The highest BCUT2D eigenvalue weighted by atomic mass is 16.6.